The smallest absolute Gasteiger partial charge is 0.343 e. The van der Waals surface area contributed by atoms with Crippen molar-refractivity contribution in [1.82, 2.24) is 15.2 Å². The lowest BCUT2D eigenvalue weighted by atomic mass is 10.0. The highest BCUT2D eigenvalue weighted by Gasteiger charge is 2.27. The Morgan fingerprint density at radius 3 is 2.64 bits per heavy atom. The topological polar surface area (TPSA) is 177 Å². The van der Waals surface area contributed by atoms with Crippen LogP contribution in [0.5, 0.6) is 0 Å². The molecule has 0 aliphatic carbocycles. The minimum Gasteiger partial charge on any atom is -0.477 e. The maximum atomic E-state index is 12.7. The summed E-state index contributed by atoms with van der Waals surface area (Å²) in [6.45, 7) is 1.95. The summed E-state index contributed by atoms with van der Waals surface area (Å²) in [4.78, 5) is 51.3. The molecule has 0 aliphatic rings. The Hall–Kier alpha value is -3.95. The van der Waals surface area contributed by atoms with Crippen molar-refractivity contribution in [3.63, 3.8) is 0 Å². The monoisotopic (exact) mass is 544 g/mol. The maximum Gasteiger partial charge on any atom is 0.343 e. The molecule has 15 heteroatoms. The van der Waals surface area contributed by atoms with Crippen LogP contribution in [-0.2, 0) is 11.2 Å². The van der Waals surface area contributed by atoms with E-state index in [0.717, 1.165) is 22.2 Å². The Morgan fingerprint density at radius 2 is 1.94 bits per heavy atom. The molecular formula is C21H16N6O6S3. The van der Waals surface area contributed by atoms with Gasteiger partial charge in [-0.3, -0.25) is 25.0 Å². The van der Waals surface area contributed by atoms with Gasteiger partial charge in [-0.25, -0.2) is 9.78 Å². The molecule has 2 heterocycles. The van der Waals surface area contributed by atoms with Crippen LogP contribution in [0.4, 0.5) is 16.5 Å². The van der Waals surface area contributed by atoms with E-state index in [0.29, 0.717) is 20.7 Å². The number of fused-ring (bicyclic) bond motifs is 1. The van der Waals surface area contributed by atoms with Crippen molar-refractivity contribution in [2.45, 2.75) is 17.7 Å². The third kappa shape index (κ3) is 5.64. The van der Waals surface area contributed by atoms with E-state index in [1.165, 1.54) is 46.6 Å². The SMILES string of the molecule is CCc1nnc(NC(=O)CSc2nc3ccc(NC(=O)c4cccc([N+](=O)[O-])c4C(=O)O)cc3s2)s1. The second-order valence-corrected chi connectivity index (χ2v) is 10.4. The lowest BCUT2D eigenvalue weighted by Crippen LogP contribution is -2.17. The van der Waals surface area contributed by atoms with Gasteiger partial charge in [-0.1, -0.05) is 36.1 Å². The molecule has 0 radical (unpaired) electrons. The number of thiazole rings is 1. The molecular weight excluding hydrogens is 528 g/mol. The van der Waals surface area contributed by atoms with E-state index < -0.39 is 28.1 Å². The minimum absolute atomic E-state index is 0.120. The van der Waals surface area contributed by atoms with Gasteiger partial charge in [0.1, 0.15) is 10.6 Å². The molecule has 2 amide bonds. The highest BCUT2D eigenvalue weighted by Crippen LogP contribution is 2.32. The number of rotatable bonds is 9. The summed E-state index contributed by atoms with van der Waals surface area (Å²) in [5.41, 5.74) is -0.675. The number of carboxylic acids is 1. The van der Waals surface area contributed by atoms with Crippen LogP contribution in [0.25, 0.3) is 10.2 Å². The number of amides is 2. The number of carbonyl (C=O) groups excluding carboxylic acids is 2. The quantitative estimate of drug-likeness (QED) is 0.156. The lowest BCUT2D eigenvalue weighted by molar-refractivity contribution is -0.385. The molecule has 3 N–H and O–H groups in total. The second-order valence-electron chi connectivity index (χ2n) is 7.07. The molecule has 0 atom stereocenters. The zero-order valence-electron chi connectivity index (χ0n) is 18.4. The summed E-state index contributed by atoms with van der Waals surface area (Å²) in [7, 11) is 0. The van der Waals surface area contributed by atoms with E-state index in [9.17, 15) is 29.6 Å². The number of nitro benzene ring substituents is 1. The first-order valence-corrected chi connectivity index (χ1v) is 12.8. The standard InChI is InChI=1S/C21H16N6O6S3/c1-2-16-25-26-20(36-16)24-15(28)9-34-21-23-12-7-6-10(8-14(12)35-21)22-18(29)11-4-3-5-13(27(32)33)17(11)19(30)31/h3-8H,2,9H2,1H3,(H,22,29)(H,30,31)(H,24,26,28). The van der Waals surface area contributed by atoms with E-state index in [1.54, 1.807) is 18.2 Å². The minimum atomic E-state index is -1.58. The van der Waals surface area contributed by atoms with Crippen LogP contribution in [0, 0.1) is 10.1 Å². The van der Waals surface area contributed by atoms with E-state index >= 15 is 0 Å². The number of nitro groups is 1. The van der Waals surface area contributed by atoms with Crippen LogP contribution in [0.15, 0.2) is 40.7 Å². The molecule has 2 aromatic carbocycles. The average Bonchev–Trinajstić information content (AvgIpc) is 3.48. The number of aromatic nitrogens is 3. The average molecular weight is 545 g/mol. The van der Waals surface area contributed by atoms with Crippen molar-refractivity contribution in [1.29, 1.82) is 0 Å². The van der Waals surface area contributed by atoms with Crippen molar-refractivity contribution >= 4 is 78.9 Å². The van der Waals surface area contributed by atoms with Crippen molar-refractivity contribution < 1.29 is 24.4 Å². The van der Waals surface area contributed by atoms with Crippen LogP contribution >= 0.6 is 34.4 Å². The third-order valence-corrected chi connectivity index (χ3v) is 7.81. The second kappa shape index (κ2) is 10.8. The Kier molecular flexibility index (Phi) is 7.52. The number of benzene rings is 2. The largest absolute Gasteiger partial charge is 0.477 e. The molecule has 0 aliphatic heterocycles. The molecule has 0 unspecified atom stereocenters. The van der Waals surface area contributed by atoms with Crippen LogP contribution < -0.4 is 10.6 Å². The maximum absolute atomic E-state index is 12.7. The number of carbonyl (C=O) groups is 3. The molecule has 184 valence electrons. The number of hydrogen-bond donors (Lipinski definition) is 3. The third-order valence-electron chi connectivity index (χ3n) is 4.67. The number of aromatic carboxylic acids is 1. The van der Waals surface area contributed by atoms with Crippen molar-refractivity contribution in [2.24, 2.45) is 0 Å². The van der Waals surface area contributed by atoms with E-state index in [-0.39, 0.29) is 17.2 Å². The summed E-state index contributed by atoms with van der Waals surface area (Å²) in [5, 5.41) is 35.0. The number of nitrogens with one attached hydrogen (secondary N) is 2. The van der Waals surface area contributed by atoms with Gasteiger partial charge in [-0.15, -0.1) is 21.5 Å². The lowest BCUT2D eigenvalue weighted by Gasteiger charge is -2.08. The van der Waals surface area contributed by atoms with Gasteiger partial charge in [0.2, 0.25) is 11.0 Å². The van der Waals surface area contributed by atoms with Gasteiger partial charge >= 0.3 is 5.97 Å². The van der Waals surface area contributed by atoms with E-state index in [2.05, 4.69) is 25.8 Å². The fraction of sp³-hybridized carbons (Fsp3) is 0.143. The van der Waals surface area contributed by atoms with Gasteiger partial charge in [0.05, 0.1) is 26.5 Å². The fourth-order valence-corrected chi connectivity index (χ4v) is 5.68. The first kappa shape index (κ1) is 25.2. The predicted molar refractivity (Wildman–Crippen MR) is 136 cm³/mol. The van der Waals surface area contributed by atoms with Gasteiger partial charge in [-0.2, -0.15) is 0 Å². The normalized spacial score (nSPS) is 10.8. The van der Waals surface area contributed by atoms with Crippen molar-refractivity contribution in [3.8, 4) is 0 Å². The number of carboxylic acid groups (broad SMARTS) is 1. The summed E-state index contributed by atoms with van der Waals surface area (Å²) < 4.78 is 1.37. The van der Waals surface area contributed by atoms with Gasteiger partial charge in [0.15, 0.2) is 4.34 Å². The van der Waals surface area contributed by atoms with Crippen LogP contribution in [0.2, 0.25) is 0 Å². The Balaban J connectivity index is 1.45. The zero-order chi connectivity index (χ0) is 25.8. The molecule has 0 saturated heterocycles. The Labute approximate surface area is 214 Å². The van der Waals surface area contributed by atoms with Crippen LogP contribution in [0.3, 0.4) is 0 Å². The fourth-order valence-electron chi connectivity index (χ4n) is 3.08. The summed E-state index contributed by atoms with van der Waals surface area (Å²) >= 11 is 3.88. The van der Waals surface area contributed by atoms with Gasteiger partial charge in [-0.05, 0) is 30.7 Å². The summed E-state index contributed by atoms with van der Waals surface area (Å²) in [5.74, 6) is -2.49. The predicted octanol–water partition coefficient (Wildman–Crippen LogP) is 4.30. The number of anilines is 2. The van der Waals surface area contributed by atoms with E-state index in [4.69, 9.17) is 0 Å². The van der Waals surface area contributed by atoms with Gasteiger partial charge in [0, 0.05) is 11.8 Å². The number of aryl methyl sites for hydroxylation is 1. The molecule has 0 saturated carbocycles. The number of nitrogens with zero attached hydrogens (tertiary/aromatic N) is 4. The number of hydrogen-bond acceptors (Lipinski definition) is 11. The molecule has 0 spiro atoms. The Bertz CT molecular complexity index is 1500. The molecule has 12 nitrogen and oxygen atoms in total. The van der Waals surface area contributed by atoms with Gasteiger partial charge < -0.3 is 10.4 Å². The molecule has 4 rings (SSSR count). The Morgan fingerprint density at radius 1 is 1.14 bits per heavy atom. The molecule has 2 aromatic heterocycles. The van der Waals surface area contributed by atoms with Crippen LogP contribution in [-0.4, -0.2) is 48.7 Å². The molecule has 4 aromatic rings. The molecule has 0 bridgehead atoms. The zero-order valence-corrected chi connectivity index (χ0v) is 20.8. The van der Waals surface area contributed by atoms with E-state index in [1.807, 2.05) is 6.92 Å². The summed E-state index contributed by atoms with van der Waals surface area (Å²) in [6, 6.07) is 8.39. The molecule has 36 heavy (non-hydrogen) atoms. The number of thioether (sulfide) groups is 1. The first-order valence-electron chi connectivity index (χ1n) is 10.2. The highest BCUT2D eigenvalue weighted by atomic mass is 32.2. The first-order chi connectivity index (χ1) is 17.2. The van der Waals surface area contributed by atoms with Crippen molar-refractivity contribution in [2.75, 3.05) is 16.4 Å². The van der Waals surface area contributed by atoms with Gasteiger partial charge in [0.25, 0.3) is 11.6 Å². The molecule has 0 fully saturated rings. The van der Waals surface area contributed by atoms with Crippen molar-refractivity contribution in [3.05, 3.63) is 62.6 Å². The van der Waals surface area contributed by atoms with Crippen LogP contribution in [0.1, 0.15) is 32.6 Å². The highest BCUT2D eigenvalue weighted by molar-refractivity contribution is 8.01. The summed E-state index contributed by atoms with van der Waals surface area (Å²) in [6.07, 6.45) is 0.739.